The zero-order valence-corrected chi connectivity index (χ0v) is 14.5. The SMILES string of the molecule is Cc1c(Cl)cccc1-c1ccc(CNCCC2=CCCCC2)o1. The number of rotatable bonds is 6. The van der Waals surface area contributed by atoms with Crippen LogP contribution in [-0.2, 0) is 6.54 Å². The van der Waals surface area contributed by atoms with Crippen LogP contribution >= 0.6 is 11.6 Å². The van der Waals surface area contributed by atoms with Gasteiger partial charge in [-0.2, -0.15) is 0 Å². The zero-order valence-electron chi connectivity index (χ0n) is 13.7. The largest absolute Gasteiger partial charge is 0.460 e. The molecule has 1 aromatic heterocycles. The first kappa shape index (κ1) is 16.4. The van der Waals surface area contributed by atoms with Crippen molar-refractivity contribution in [3.05, 3.63) is 58.3 Å². The highest BCUT2D eigenvalue weighted by Gasteiger charge is 2.09. The van der Waals surface area contributed by atoms with Crippen LogP contribution < -0.4 is 5.32 Å². The first-order valence-corrected chi connectivity index (χ1v) is 8.84. The van der Waals surface area contributed by atoms with Crippen LogP contribution in [-0.4, -0.2) is 6.54 Å². The van der Waals surface area contributed by atoms with Crippen molar-refractivity contribution >= 4 is 11.6 Å². The number of benzene rings is 1. The summed E-state index contributed by atoms with van der Waals surface area (Å²) in [5.41, 5.74) is 3.74. The average molecular weight is 330 g/mol. The van der Waals surface area contributed by atoms with E-state index in [1.807, 2.05) is 37.3 Å². The van der Waals surface area contributed by atoms with Crippen LogP contribution in [0.15, 0.2) is 46.4 Å². The van der Waals surface area contributed by atoms with Crippen LogP contribution in [0.3, 0.4) is 0 Å². The van der Waals surface area contributed by atoms with E-state index in [1.165, 1.54) is 25.7 Å². The van der Waals surface area contributed by atoms with Crippen molar-refractivity contribution in [1.82, 2.24) is 5.32 Å². The number of halogens is 1. The number of allylic oxidation sites excluding steroid dienone is 1. The summed E-state index contributed by atoms with van der Waals surface area (Å²) < 4.78 is 5.96. The Morgan fingerprint density at radius 3 is 2.91 bits per heavy atom. The van der Waals surface area contributed by atoms with E-state index in [1.54, 1.807) is 5.57 Å². The molecule has 1 aliphatic rings. The Kier molecular flexibility index (Phi) is 5.58. The van der Waals surface area contributed by atoms with Crippen LogP contribution in [0.5, 0.6) is 0 Å². The normalized spacial score (nSPS) is 14.8. The molecule has 0 aliphatic heterocycles. The lowest BCUT2D eigenvalue weighted by Gasteiger charge is -2.12. The predicted molar refractivity (Wildman–Crippen MR) is 96.8 cm³/mol. The first-order valence-electron chi connectivity index (χ1n) is 8.47. The van der Waals surface area contributed by atoms with Crippen molar-refractivity contribution in [3.63, 3.8) is 0 Å². The van der Waals surface area contributed by atoms with Crippen molar-refractivity contribution in [2.75, 3.05) is 6.54 Å². The van der Waals surface area contributed by atoms with Gasteiger partial charge in [0.2, 0.25) is 0 Å². The summed E-state index contributed by atoms with van der Waals surface area (Å²) in [4.78, 5) is 0. The molecule has 0 saturated carbocycles. The van der Waals surface area contributed by atoms with E-state index in [4.69, 9.17) is 16.0 Å². The van der Waals surface area contributed by atoms with E-state index < -0.39 is 0 Å². The molecule has 2 aromatic rings. The molecule has 122 valence electrons. The molecule has 0 radical (unpaired) electrons. The fraction of sp³-hybridized carbons (Fsp3) is 0.400. The van der Waals surface area contributed by atoms with Gasteiger partial charge in [-0.05, 0) is 69.3 Å². The molecule has 0 unspecified atom stereocenters. The molecule has 0 atom stereocenters. The Labute approximate surface area is 143 Å². The Hall–Kier alpha value is -1.51. The van der Waals surface area contributed by atoms with Crippen molar-refractivity contribution in [2.45, 2.75) is 45.6 Å². The molecular weight excluding hydrogens is 306 g/mol. The molecular formula is C20H24ClNO. The van der Waals surface area contributed by atoms with Gasteiger partial charge < -0.3 is 9.73 Å². The number of nitrogens with one attached hydrogen (secondary N) is 1. The number of hydrogen-bond acceptors (Lipinski definition) is 2. The molecule has 3 rings (SSSR count). The molecule has 1 aliphatic carbocycles. The summed E-state index contributed by atoms with van der Waals surface area (Å²) in [5, 5.41) is 4.26. The molecule has 0 fully saturated rings. The van der Waals surface area contributed by atoms with Gasteiger partial charge in [0.25, 0.3) is 0 Å². The van der Waals surface area contributed by atoms with Crippen molar-refractivity contribution in [3.8, 4) is 11.3 Å². The minimum Gasteiger partial charge on any atom is -0.460 e. The summed E-state index contributed by atoms with van der Waals surface area (Å²) in [7, 11) is 0. The maximum atomic E-state index is 6.19. The van der Waals surface area contributed by atoms with Crippen LogP contribution in [0.1, 0.15) is 43.4 Å². The lowest BCUT2D eigenvalue weighted by atomic mass is 9.97. The highest BCUT2D eigenvalue weighted by Crippen LogP contribution is 2.29. The topological polar surface area (TPSA) is 25.2 Å². The summed E-state index contributed by atoms with van der Waals surface area (Å²) in [6.45, 7) is 3.81. The van der Waals surface area contributed by atoms with E-state index in [9.17, 15) is 0 Å². The minimum absolute atomic E-state index is 0.771. The maximum Gasteiger partial charge on any atom is 0.134 e. The molecule has 3 heteroatoms. The molecule has 0 amide bonds. The molecule has 1 aromatic carbocycles. The third-order valence-corrected chi connectivity index (χ3v) is 4.91. The van der Waals surface area contributed by atoms with Crippen LogP contribution in [0.2, 0.25) is 5.02 Å². The monoisotopic (exact) mass is 329 g/mol. The smallest absolute Gasteiger partial charge is 0.134 e. The predicted octanol–water partition coefficient (Wildman–Crippen LogP) is 5.89. The number of hydrogen-bond donors (Lipinski definition) is 1. The first-order chi connectivity index (χ1) is 11.2. The summed E-state index contributed by atoms with van der Waals surface area (Å²) in [5.74, 6) is 1.86. The summed E-state index contributed by atoms with van der Waals surface area (Å²) in [6.07, 6.45) is 8.82. The molecule has 1 N–H and O–H groups in total. The fourth-order valence-electron chi connectivity index (χ4n) is 3.08. The highest BCUT2D eigenvalue weighted by molar-refractivity contribution is 6.31. The Morgan fingerprint density at radius 1 is 1.17 bits per heavy atom. The second-order valence-corrected chi connectivity index (χ2v) is 6.62. The molecule has 1 heterocycles. The number of furan rings is 1. The lowest BCUT2D eigenvalue weighted by molar-refractivity contribution is 0.493. The van der Waals surface area contributed by atoms with Gasteiger partial charge in [-0.25, -0.2) is 0 Å². The third-order valence-electron chi connectivity index (χ3n) is 4.50. The van der Waals surface area contributed by atoms with Crippen LogP contribution in [0, 0.1) is 6.92 Å². The van der Waals surface area contributed by atoms with Gasteiger partial charge in [0, 0.05) is 10.6 Å². The van der Waals surface area contributed by atoms with Crippen LogP contribution in [0.25, 0.3) is 11.3 Å². The second kappa shape index (κ2) is 7.85. The Bertz CT molecular complexity index is 687. The van der Waals surface area contributed by atoms with Gasteiger partial charge in [0.15, 0.2) is 0 Å². The average Bonchev–Trinajstić information content (AvgIpc) is 3.04. The Balaban J connectivity index is 1.53. The quantitative estimate of drug-likeness (QED) is 0.528. The van der Waals surface area contributed by atoms with Gasteiger partial charge in [0.05, 0.1) is 6.54 Å². The lowest BCUT2D eigenvalue weighted by Crippen LogP contribution is -2.15. The maximum absolute atomic E-state index is 6.19. The van der Waals surface area contributed by atoms with Gasteiger partial charge >= 0.3 is 0 Å². The van der Waals surface area contributed by atoms with Gasteiger partial charge in [0.1, 0.15) is 11.5 Å². The second-order valence-electron chi connectivity index (χ2n) is 6.21. The van der Waals surface area contributed by atoms with Crippen molar-refractivity contribution in [1.29, 1.82) is 0 Å². The molecule has 23 heavy (non-hydrogen) atoms. The highest BCUT2D eigenvalue weighted by atomic mass is 35.5. The van der Waals surface area contributed by atoms with Gasteiger partial charge in [-0.3, -0.25) is 0 Å². The van der Waals surface area contributed by atoms with Crippen LogP contribution in [0.4, 0.5) is 0 Å². The molecule has 2 nitrogen and oxygen atoms in total. The fourth-order valence-corrected chi connectivity index (χ4v) is 3.26. The standard InChI is InChI=1S/C20H24ClNO/c1-15-18(8-5-9-19(15)21)20-11-10-17(23-20)14-22-13-12-16-6-3-2-4-7-16/h5-6,8-11,22H,2-4,7,12-14H2,1H3. The zero-order chi connectivity index (χ0) is 16.1. The van der Waals surface area contributed by atoms with Crippen molar-refractivity contribution in [2.24, 2.45) is 0 Å². The molecule has 0 spiro atoms. The van der Waals surface area contributed by atoms with Gasteiger partial charge in [-0.15, -0.1) is 0 Å². The Morgan fingerprint density at radius 2 is 2.09 bits per heavy atom. The summed E-state index contributed by atoms with van der Waals surface area (Å²) >= 11 is 6.19. The minimum atomic E-state index is 0.771. The van der Waals surface area contributed by atoms with E-state index in [-0.39, 0.29) is 0 Å². The van der Waals surface area contributed by atoms with Gasteiger partial charge in [-0.1, -0.05) is 35.4 Å². The van der Waals surface area contributed by atoms with Crippen molar-refractivity contribution < 1.29 is 4.42 Å². The van der Waals surface area contributed by atoms with E-state index >= 15 is 0 Å². The molecule has 0 bridgehead atoms. The third kappa shape index (κ3) is 4.27. The molecule has 0 saturated heterocycles. The van der Waals surface area contributed by atoms with E-state index in [0.29, 0.717) is 0 Å². The van der Waals surface area contributed by atoms with E-state index in [2.05, 4.69) is 11.4 Å². The van der Waals surface area contributed by atoms with E-state index in [0.717, 1.165) is 47.2 Å². The summed E-state index contributed by atoms with van der Waals surface area (Å²) in [6, 6.07) is 9.99.